The highest BCUT2D eigenvalue weighted by Crippen LogP contribution is 2.24. The number of benzene rings is 1. The SMILES string of the molecule is Cc1nc(C)c(CC(=O)N2CCC[C@H](N3CCN(c4ccccc4C)CC3)C2)s1. The first-order chi connectivity index (χ1) is 14.0. The van der Waals surface area contributed by atoms with Crippen molar-refractivity contribution in [3.8, 4) is 0 Å². The van der Waals surface area contributed by atoms with E-state index in [9.17, 15) is 4.79 Å². The standard InChI is InChI=1S/C23H32N4OS/c1-17-7-4-5-9-21(17)26-13-11-25(12-14-26)20-8-6-10-27(16-20)23(28)15-22-18(2)24-19(3)29-22/h4-5,7,9,20H,6,8,10-16H2,1-3H3/t20-/m0/s1. The normalized spacial score (nSPS) is 20.9. The summed E-state index contributed by atoms with van der Waals surface area (Å²) in [5.74, 6) is 0.264. The zero-order valence-corrected chi connectivity index (χ0v) is 18.7. The molecule has 1 amide bonds. The fourth-order valence-electron chi connectivity index (χ4n) is 4.71. The average Bonchev–Trinajstić information content (AvgIpc) is 3.05. The van der Waals surface area contributed by atoms with Crippen molar-refractivity contribution >= 4 is 22.9 Å². The minimum atomic E-state index is 0.264. The van der Waals surface area contributed by atoms with E-state index < -0.39 is 0 Å². The molecule has 0 saturated carbocycles. The van der Waals surface area contributed by atoms with Gasteiger partial charge in [-0.15, -0.1) is 11.3 Å². The molecule has 0 unspecified atom stereocenters. The molecule has 3 heterocycles. The van der Waals surface area contributed by atoms with Crippen LogP contribution in [-0.4, -0.2) is 66.0 Å². The lowest BCUT2D eigenvalue weighted by atomic mass is 10.0. The molecule has 0 bridgehead atoms. The number of rotatable bonds is 4. The highest BCUT2D eigenvalue weighted by atomic mass is 32.1. The summed E-state index contributed by atoms with van der Waals surface area (Å²) in [4.78, 5) is 25.7. The number of carbonyl (C=O) groups is 1. The highest BCUT2D eigenvalue weighted by molar-refractivity contribution is 7.11. The average molecular weight is 413 g/mol. The van der Waals surface area contributed by atoms with E-state index in [-0.39, 0.29) is 5.91 Å². The minimum Gasteiger partial charge on any atom is -0.369 e. The van der Waals surface area contributed by atoms with Gasteiger partial charge in [0.2, 0.25) is 5.91 Å². The van der Waals surface area contributed by atoms with Crippen LogP contribution in [0.3, 0.4) is 0 Å². The topological polar surface area (TPSA) is 39.7 Å². The first kappa shape index (κ1) is 20.4. The van der Waals surface area contributed by atoms with Gasteiger partial charge in [-0.2, -0.15) is 0 Å². The Morgan fingerprint density at radius 2 is 1.86 bits per heavy atom. The van der Waals surface area contributed by atoms with Gasteiger partial charge in [0.15, 0.2) is 0 Å². The smallest absolute Gasteiger partial charge is 0.227 e. The Hall–Kier alpha value is -1.92. The molecule has 0 N–H and O–H groups in total. The Bertz CT molecular complexity index is 856. The van der Waals surface area contributed by atoms with Crippen LogP contribution >= 0.6 is 11.3 Å². The molecule has 2 aromatic rings. The van der Waals surface area contributed by atoms with E-state index >= 15 is 0 Å². The predicted molar refractivity (Wildman–Crippen MR) is 120 cm³/mol. The van der Waals surface area contributed by atoms with Gasteiger partial charge in [0.25, 0.3) is 0 Å². The van der Waals surface area contributed by atoms with Crippen molar-refractivity contribution in [2.45, 2.75) is 46.1 Å². The maximum atomic E-state index is 12.9. The number of aryl methyl sites for hydroxylation is 3. The van der Waals surface area contributed by atoms with Crippen LogP contribution in [0, 0.1) is 20.8 Å². The van der Waals surface area contributed by atoms with Gasteiger partial charge in [0, 0.05) is 55.9 Å². The van der Waals surface area contributed by atoms with Gasteiger partial charge < -0.3 is 9.80 Å². The van der Waals surface area contributed by atoms with E-state index in [1.807, 2.05) is 13.8 Å². The lowest BCUT2D eigenvalue weighted by Crippen LogP contribution is -2.56. The molecular formula is C23H32N4OS. The zero-order chi connectivity index (χ0) is 20.4. The monoisotopic (exact) mass is 412 g/mol. The van der Waals surface area contributed by atoms with Crippen molar-refractivity contribution in [3.05, 3.63) is 45.4 Å². The number of nitrogens with zero attached hydrogens (tertiary/aromatic N) is 4. The number of para-hydroxylation sites is 1. The van der Waals surface area contributed by atoms with E-state index in [1.165, 1.54) is 17.7 Å². The Kier molecular flexibility index (Phi) is 6.20. The number of aromatic nitrogens is 1. The maximum absolute atomic E-state index is 12.9. The third kappa shape index (κ3) is 4.64. The molecule has 156 valence electrons. The van der Waals surface area contributed by atoms with Crippen molar-refractivity contribution in [1.82, 2.24) is 14.8 Å². The summed E-state index contributed by atoms with van der Waals surface area (Å²) in [5.41, 5.74) is 3.73. The third-order valence-corrected chi connectivity index (χ3v) is 7.42. The van der Waals surface area contributed by atoms with Gasteiger partial charge in [0.05, 0.1) is 17.1 Å². The van der Waals surface area contributed by atoms with Crippen molar-refractivity contribution in [1.29, 1.82) is 0 Å². The molecular weight excluding hydrogens is 380 g/mol. The molecule has 2 aliphatic heterocycles. The quantitative estimate of drug-likeness (QED) is 0.771. The van der Waals surface area contributed by atoms with Crippen LogP contribution in [-0.2, 0) is 11.2 Å². The fraction of sp³-hybridized carbons (Fsp3) is 0.565. The summed E-state index contributed by atoms with van der Waals surface area (Å²) in [6, 6.07) is 9.16. The fourth-order valence-corrected chi connectivity index (χ4v) is 5.64. The van der Waals surface area contributed by atoms with Crippen LogP contribution in [0.2, 0.25) is 0 Å². The van der Waals surface area contributed by atoms with Gasteiger partial charge >= 0.3 is 0 Å². The van der Waals surface area contributed by atoms with Crippen LogP contribution < -0.4 is 4.90 Å². The van der Waals surface area contributed by atoms with E-state index in [4.69, 9.17) is 0 Å². The van der Waals surface area contributed by atoms with Crippen molar-refractivity contribution in [3.63, 3.8) is 0 Å². The molecule has 1 aromatic carbocycles. The largest absolute Gasteiger partial charge is 0.369 e. The van der Waals surface area contributed by atoms with Crippen molar-refractivity contribution in [2.75, 3.05) is 44.2 Å². The predicted octanol–water partition coefficient (Wildman–Crippen LogP) is 3.42. The van der Waals surface area contributed by atoms with E-state index in [0.29, 0.717) is 12.5 Å². The van der Waals surface area contributed by atoms with Gasteiger partial charge in [0.1, 0.15) is 0 Å². The Balaban J connectivity index is 1.32. The van der Waals surface area contributed by atoms with Gasteiger partial charge in [-0.3, -0.25) is 9.69 Å². The number of carbonyl (C=O) groups excluding carboxylic acids is 1. The van der Waals surface area contributed by atoms with Crippen LogP contribution in [0.25, 0.3) is 0 Å². The number of anilines is 1. The number of hydrogen-bond acceptors (Lipinski definition) is 5. The molecule has 29 heavy (non-hydrogen) atoms. The lowest BCUT2D eigenvalue weighted by Gasteiger charge is -2.44. The molecule has 2 saturated heterocycles. The molecule has 6 heteroatoms. The summed E-state index contributed by atoms with van der Waals surface area (Å²) >= 11 is 1.66. The Morgan fingerprint density at radius 3 is 2.55 bits per heavy atom. The molecule has 1 atom stereocenters. The van der Waals surface area contributed by atoms with Crippen LogP contribution in [0.1, 0.15) is 34.0 Å². The maximum Gasteiger partial charge on any atom is 0.227 e. The molecule has 1 aromatic heterocycles. The van der Waals surface area contributed by atoms with Crippen molar-refractivity contribution < 1.29 is 4.79 Å². The second kappa shape index (κ2) is 8.84. The Labute approximate surface area is 178 Å². The number of likely N-dealkylation sites (tertiary alicyclic amines) is 1. The Morgan fingerprint density at radius 1 is 1.10 bits per heavy atom. The second-order valence-electron chi connectivity index (χ2n) is 8.36. The summed E-state index contributed by atoms with van der Waals surface area (Å²) in [6.07, 6.45) is 2.81. The van der Waals surface area contributed by atoms with E-state index in [1.54, 1.807) is 11.3 Å². The van der Waals surface area contributed by atoms with E-state index in [2.05, 4.69) is 50.9 Å². The van der Waals surface area contributed by atoms with Crippen LogP contribution in [0.15, 0.2) is 24.3 Å². The van der Waals surface area contributed by atoms with E-state index in [0.717, 1.165) is 61.3 Å². The molecule has 4 rings (SSSR count). The number of hydrogen-bond donors (Lipinski definition) is 0. The van der Waals surface area contributed by atoms with Gasteiger partial charge in [-0.25, -0.2) is 4.98 Å². The molecule has 2 fully saturated rings. The lowest BCUT2D eigenvalue weighted by molar-refractivity contribution is -0.132. The van der Waals surface area contributed by atoms with Crippen LogP contribution in [0.5, 0.6) is 0 Å². The van der Waals surface area contributed by atoms with Gasteiger partial charge in [-0.1, -0.05) is 18.2 Å². The second-order valence-corrected chi connectivity index (χ2v) is 9.65. The van der Waals surface area contributed by atoms with Crippen LogP contribution in [0.4, 0.5) is 5.69 Å². The molecule has 0 aliphatic carbocycles. The minimum absolute atomic E-state index is 0.264. The summed E-state index contributed by atoms with van der Waals surface area (Å²) in [6.45, 7) is 12.3. The summed E-state index contributed by atoms with van der Waals surface area (Å²) in [5, 5.41) is 1.05. The third-order valence-electron chi connectivity index (χ3n) is 6.35. The molecule has 0 radical (unpaired) electrons. The van der Waals surface area contributed by atoms with Crippen molar-refractivity contribution in [2.24, 2.45) is 0 Å². The summed E-state index contributed by atoms with van der Waals surface area (Å²) in [7, 11) is 0. The number of thiazole rings is 1. The highest BCUT2D eigenvalue weighted by Gasteiger charge is 2.30. The first-order valence-corrected chi connectivity index (χ1v) is 11.6. The summed E-state index contributed by atoms with van der Waals surface area (Å²) < 4.78 is 0. The number of amides is 1. The van der Waals surface area contributed by atoms with Gasteiger partial charge in [-0.05, 0) is 45.2 Å². The number of piperidine rings is 1. The molecule has 2 aliphatic rings. The molecule has 5 nitrogen and oxygen atoms in total. The number of piperazine rings is 1. The first-order valence-electron chi connectivity index (χ1n) is 10.8. The zero-order valence-electron chi connectivity index (χ0n) is 17.9. The molecule has 0 spiro atoms.